The molecule has 0 aromatic carbocycles. The molecule has 1 amide bonds. The maximum atomic E-state index is 14.4. The van der Waals surface area contributed by atoms with E-state index >= 15 is 0 Å². The van der Waals surface area contributed by atoms with Crippen LogP contribution in [-0.2, 0) is 14.8 Å². The number of nitrogens with zero attached hydrogens (tertiary/aromatic N) is 4. The van der Waals surface area contributed by atoms with Gasteiger partial charge in [0.15, 0.2) is 0 Å². The number of sulfonamides is 1. The smallest absolute Gasteiger partial charge is 0.333 e. The minimum absolute atomic E-state index is 0.0535. The van der Waals surface area contributed by atoms with Crippen LogP contribution in [0.25, 0.3) is 0 Å². The predicted octanol–water partition coefficient (Wildman–Crippen LogP) is 1.75. The molecule has 5 fully saturated rings. The summed E-state index contributed by atoms with van der Waals surface area (Å²) in [5.74, 6) is -2.02. The zero-order valence-electron chi connectivity index (χ0n) is 22.0. The van der Waals surface area contributed by atoms with Gasteiger partial charge in [-0.15, -0.1) is 11.6 Å². The van der Waals surface area contributed by atoms with Gasteiger partial charge in [-0.3, -0.25) is 15.0 Å². The molecule has 0 aromatic heterocycles. The lowest BCUT2D eigenvalue weighted by molar-refractivity contribution is -0.203. The Kier molecular flexibility index (Phi) is 8.30. The fraction of sp³-hybridized carbons (Fsp3) is 0.958. The van der Waals surface area contributed by atoms with Crippen LogP contribution in [0.5, 0.6) is 0 Å². The molecular formula is C24H40ClF3N6O3S. The van der Waals surface area contributed by atoms with E-state index in [0.29, 0.717) is 37.8 Å². The number of carbonyl (C=O) groups is 1. The highest BCUT2D eigenvalue weighted by molar-refractivity contribution is 7.88. The van der Waals surface area contributed by atoms with E-state index in [1.165, 1.54) is 11.4 Å². The molecule has 4 aliphatic heterocycles. The van der Waals surface area contributed by atoms with E-state index < -0.39 is 40.0 Å². The lowest BCUT2D eigenvalue weighted by Crippen LogP contribution is -2.70. The highest BCUT2D eigenvalue weighted by Gasteiger charge is 2.52. The number of halogens is 4. The van der Waals surface area contributed by atoms with Gasteiger partial charge in [0.1, 0.15) is 6.04 Å². The van der Waals surface area contributed by atoms with Crippen LogP contribution in [0.4, 0.5) is 13.2 Å². The maximum absolute atomic E-state index is 14.4. The predicted molar refractivity (Wildman–Crippen MR) is 137 cm³/mol. The summed E-state index contributed by atoms with van der Waals surface area (Å²) in [5, 5.41) is 5.86. The zero-order valence-corrected chi connectivity index (χ0v) is 23.6. The molecule has 1 saturated carbocycles. The van der Waals surface area contributed by atoms with Gasteiger partial charge in [-0.25, -0.2) is 23.2 Å². The second-order valence-corrected chi connectivity index (χ2v) is 14.3. The third-order valence-electron chi connectivity index (χ3n) is 9.49. The van der Waals surface area contributed by atoms with E-state index in [0.717, 1.165) is 43.5 Å². The fourth-order valence-electron chi connectivity index (χ4n) is 7.68. The molecule has 2 N–H and O–H groups in total. The Labute approximate surface area is 228 Å². The molecular weight excluding hydrogens is 545 g/mol. The molecule has 218 valence electrons. The summed E-state index contributed by atoms with van der Waals surface area (Å²) in [5.41, 5.74) is 3.30. The van der Waals surface area contributed by atoms with Crippen molar-refractivity contribution in [1.29, 1.82) is 0 Å². The lowest BCUT2D eigenvalue weighted by Gasteiger charge is -2.53. The SMILES string of the molecule is CN(C(=O)[C@H]1CCN(S(C)(=O)=O)C1)[C@@H](C1CCC(N2CCCC3C2CNC2CC(Cl)NN23)CC1)C(F)(F)F. The minimum Gasteiger partial charge on any atom is -0.333 e. The molecule has 4 unspecified atom stereocenters. The van der Waals surface area contributed by atoms with Crippen molar-refractivity contribution in [3.05, 3.63) is 0 Å². The van der Waals surface area contributed by atoms with Gasteiger partial charge in [-0.1, -0.05) is 0 Å². The van der Waals surface area contributed by atoms with Crippen molar-refractivity contribution in [2.24, 2.45) is 11.8 Å². The minimum atomic E-state index is -4.55. The molecule has 0 bridgehead atoms. The quantitative estimate of drug-likeness (QED) is 0.376. The summed E-state index contributed by atoms with van der Waals surface area (Å²) in [6.07, 6.45) is 2.09. The molecule has 0 spiro atoms. The Bertz CT molecular complexity index is 982. The molecule has 9 nitrogen and oxygen atoms in total. The van der Waals surface area contributed by atoms with Crippen LogP contribution in [0.1, 0.15) is 51.4 Å². The third kappa shape index (κ3) is 5.71. The summed E-state index contributed by atoms with van der Waals surface area (Å²) >= 11 is 6.35. The second kappa shape index (κ2) is 10.9. The van der Waals surface area contributed by atoms with Crippen molar-refractivity contribution in [3.8, 4) is 0 Å². The van der Waals surface area contributed by atoms with E-state index in [2.05, 4.69) is 20.7 Å². The lowest BCUT2D eigenvalue weighted by atomic mass is 9.78. The number of carbonyl (C=O) groups excluding carboxylic acids is 1. The molecule has 1 aliphatic carbocycles. The van der Waals surface area contributed by atoms with Gasteiger partial charge < -0.3 is 4.90 Å². The van der Waals surface area contributed by atoms with Crippen LogP contribution in [0.15, 0.2) is 0 Å². The number of hydrogen-bond acceptors (Lipinski definition) is 7. The largest absolute Gasteiger partial charge is 0.409 e. The molecule has 5 aliphatic rings. The van der Waals surface area contributed by atoms with E-state index in [-0.39, 0.29) is 37.2 Å². The monoisotopic (exact) mass is 584 g/mol. The first kappa shape index (κ1) is 28.8. The van der Waals surface area contributed by atoms with Crippen molar-refractivity contribution < 1.29 is 26.4 Å². The standard InChI is InChI=1S/C24H40ClF3N6O3S/c1-31(23(35)16-9-11-32(14-16)38(2,36)37)22(24(26,27)28)15-5-7-17(8-6-15)33-10-3-4-18-19(33)13-29-21-12-20(25)30-34(18)21/h15-22,29-30H,3-14H2,1-2H3/t15?,16-,17?,18?,19?,20?,21?,22-/m0/s1. The van der Waals surface area contributed by atoms with Crippen molar-refractivity contribution in [3.63, 3.8) is 0 Å². The zero-order chi connectivity index (χ0) is 27.4. The average Bonchev–Trinajstić information content (AvgIpc) is 3.49. The number of alkyl halides is 4. The van der Waals surface area contributed by atoms with Crippen LogP contribution in [-0.4, -0.2) is 115 Å². The summed E-state index contributed by atoms with van der Waals surface area (Å²) in [6, 6.07) is -1.01. The second-order valence-electron chi connectivity index (χ2n) is 11.8. The van der Waals surface area contributed by atoms with Gasteiger partial charge in [0, 0.05) is 51.2 Å². The molecule has 4 heterocycles. The van der Waals surface area contributed by atoms with Crippen molar-refractivity contribution in [1.82, 2.24) is 29.9 Å². The van der Waals surface area contributed by atoms with Crippen LogP contribution >= 0.6 is 11.6 Å². The summed E-state index contributed by atoms with van der Waals surface area (Å²) in [6.45, 7) is 1.91. The number of piperidine rings is 1. The number of likely N-dealkylation sites (tertiary alicyclic amines) is 1. The van der Waals surface area contributed by atoms with E-state index in [4.69, 9.17) is 11.6 Å². The number of hydrazine groups is 1. The molecule has 6 atom stereocenters. The highest BCUT2D eigenvalue weighted by atomic mass is 35.5. The summed E-state index contributed by atoms with van der Waals surface area (Å²) in [4.78, 5) is 16.5. The first-order valence-electron chi connectivity index (χ1n) is 13.8. The molecule has 4 saturated heterocycles. The van der Waals surface area contributed by atoms with Crippen LogP contribution in [0, 0.1) is 11.8 Å². The first-order valence-corrected chi connectivity index (χ1v) is 16.1. The van der Waals surface area contributed by atoms with Crippen LogP contribution < -0.4 is 10.7 Å². The van der Waals surface area contributed by atoms with Gasteiger partial charge in [0.25, 0.3) is 0 Å². The van der Waals surface area contributed by atoms with Gasteiger partial charge in [-0.2, -0.15) is 13.2 Å². The Morgan fingerprint density at radius 2 is 1.79 bits per heavy atom. The normalized spacial score (nSPS) is 38.5. The number of hydrogen-bond donors (Lipinski definition) is 2. The van der Waals surface area contributed by atoms with Gasteiger partial charge >= 0.3 is 6.18 Å². The van der Waals surface area contributed by atoms with Gasteiger partial charge in [0.05, 0.1) is 23.8 Å². The number of nitrogens with one attached hydrogen (secondary N) is 2. The molecule has 0 aromatic rings. The Hall–Kier alpha value is -0.700. The number of rotatable bonds is 5. The van der Waals surface area contributed by atoms with E-state index in [9.17, 15) is 26.4 Å². The van der Waals surface area contributed by atoms with E-state index in [1.807, 2.05) is 0 Å². The molecule has 14 heteroatoms. The average molecular weight is 585 g/mol. The summed E-state index contributed by atoms with van der Waals surface area (Å²) in [7, 11) is -2.24. The Morgan fingerprint density at radius 3 is 2.42 bits per heavy atom. The van der Waals surface area contributed by atoms with Crippen LogP contribution in [0.3, 0.4) is 0 Å². The third-order valence-corrected chi connectivity index (χ3v) is 11.0. The van der Waals surface area contributed by atoms with Gasteiger partial charge in [0.2, 0.25) is 15.9 Å². The molecule has 5 rings (SSSR count). The molecule has 38 heavy (non-hydrogen) atoms. The van der Waals surface area contributed by atoms with Crippen molar-refractivity contribution in [2.75, 3.05) is 39.5 Å². The Morgan fingerprint density at radius 1 is 1.08 bits per heavy atom. The van der Waals surface area contributed by atoms with E-state index in [1.54, 1.807) is 0 Å². The van der Waals surface area contributed by atoms with Crippen molar-refractivity contribution in [2.45, 2.75) is 93.4 Å². The van der Waals surface area contributed by atoms with Crippen molar-refractivity contribution >= 4 is 27.5 Å². The molecule has 0 radical (unpaired) electrons. The number of amides is 1. The Balaban J connectivity index is 1.22. The van der Waals surface area contributed by atoms with Gasteiger partial charge in [-0.05, 0) is 57.4 Å². The summed E-state index contributed by atoms with van der Waals surface area (Å²) < 4.78 is 67.9. The maximum Gasteiger partial charge on any atom is 0.409 e. The topological polar surface area (TPSA) is 88.2 Å². The number of fused-ring (bicyclic) bond motifs is 3. The van der Waals surface area contributed by atoms with Crippen LogP contribution in [0.2, 0.25) is 0 Å². The fourth-order valence-corrected chi connectivity index (χ4v) is 8.85. The first-order chi connectivity index (χ1) is 17.8. The highest BCUT2D eigenvalue weighted by Crippen LogP contribution is 2.41.